The summed E-state index contributed by atoms with van der Waals surface area (Å²) in [6.07, 6.45) is 8.63. The fourth-order valence-corrected chi connectivity index (χ4v) is 4.18. The summed E-state index contributed by atoms with van der Waals surface area (Å²) in [5, 5.41) is 3.20. The van der Waals surface area contributed by atoms with E-state index in [1.807, 2.05) is 53.8 Å². The number of imidazole rings is 1. The van der Waals surface area contributed by atoms with E-state index in [-0.39, 0.29) is 17.4 Å². The van der Waals surface area contributed by atoms with Gasteiger partial charge in [0.2, 0.25) is 5.91 Å². The summed E-state index contributed by atoms with van der Waals surface area (Å²) in [4.78, 5) is 17.2. The van der Waals surface area contributed by atoms with Crippen LogP contribution in [-0.4, -0.2) is 34.6 Å². The number of rotatable bonds is 8. The van der Waals surface area contributed by atoms with Crippen LogP contribution in [0.2, 0.25) is 0 Å². The molecular weight excluding hydrogens is 334 g/mol. The molecule has 0 saturated heterocycles. The summed E-state index contributed by atoms with van der Waals surface area (Å²) in [5.74, 6) is 2.72. The Morgan fingerprint density at radius 1 is 1.48 bits per heavy atom. The fourth-order valence-electron chi connectivity index (χ4n) is 3.18. The van der Waals surface area contributed by atoms with E-state index in [1.165, 1.54) is 0 Å². The third kappa shape index (κ3) is 4.18. The van der Waals surface area contributed by atoms with Crippen molar-refractivity contribution in [3.63, 3.8) is 0 Å². The Balaban J connectivity index is 1.82. The minimum atomic E-state index is -0.285. The molecule has 1 amide bonds. The maximum absolute atomic E-state index is 12.7. The van der Waals surface area contributed by atoms with Gasteiger partial charge in [0.25, 0.3) is 0 Å². The molecule has 25 heavy (non-hydrogen) atoms. The Labute approximate surface area is 153 Å². The smallest absolute Gasteiger partial charge is 0.221 e. The van der Waals surface area contributed by atoms with E-state index >= 15 is 0 Å². The van der Waals surface area contributed by atoms with Crippen molar-refractivity contribution < 1.29 is 9.53 Å². The van der Waals surface area contributed by atoms with E-state index in [0.29, 0.717) is 6.42 Å². The van der Waals surface area contributed by atoms with Gasteiger partial charge in [-0.25, -0.2) is 4.98 Å². The molecule has 1 N–H and O–H groups in total. The molecule has 6 heteroatoms. The highest BCUT2D eigenvalue weighted by Gasteiger charge is 2.44. The zero-order valence-electron chi connectivity index (χ0n) is 15.0. The normalized spacial score (nSPS) is 16.3. The molecule has 1 aliphatic rings. The number of hydrogen-bond donors (Lipinski definition) is 1. The first-order chi connectivity index (χ1) is 12.1. The van der Waals surface area contributed by atoms with Crippen LogP contribution in [0, 0.1) is 5.41 Å². The zero-order chi connectivity index (χ0) is 17.9. The van der Waals surface area contributed by atoms with Crippen LogP contribution in [0.4, 0.5) is 0 Å². The first kappa shape index (κ1) is 17.9. The molecule has 1 heterocycles. The standard InChI is InChI=1S/C19H25N3O2S/c1-22-10-9-20-18(22)17(14-5-4-6-15(11-14)24-2)21-16(23)12-19(7-8-19)13-25-3/h4-6,9-11,17H,7-8,12-13H2,1-3H3,(H,21,23). The SMILES string of the molecule is COc1cccc(C(NC(=O)CC2(CSC)CC2)c2nccn2C)c1. The van der Waals surface area contributed by atoms with Crippen LogP contribution in [0.5, 0.6) is 5.75 Å². The predicted molar refractivity (Wildman–Crippen MR) is 101 cm³/mol. The van der Waals surface area contributed by atoms with E-state index in [1.54, 1.807) is 13.3 Å². The maximum atomic E-state index is 12.7. The zero-order valence-corrected chi connectivity index (χ0v) is 15.8. The number of carbonyl (C=O) groups excluding carboxylic acids is 1. The first-order valence-corrected chi connectivity index (χ1v) is 9.86. The van der Waals surface area contributed by atoms with Gasteiger partial charge in [0.05, 0.1) is 7.11 Å². The molecule has 1 aromatic carbocycles. The van der Waals surface area contributed by atoms with Crippen molar-refractivity contribution in [2.45, 2.75) is 25.3 Å². The lowest BCUT2D eigenvalue weighted by Crippen LogP contribution is -2.33. The van der Waals surface area contributed by atoms with Crippen molar-refractivity contribution in [3.8, 4) is 5.75 Å². The van der Waals surface area contributed by atoms with Crippen LogP contribution in [0.3, 0.4) is 0 Å². The van der Waals surface area contributed by atoms with Crippen LogP contribution in [0.25, 0.3) is 0 Å². The van der Waals surface area contributed by atoms with Gasteiger partial charge < -0.3 is 14.6 Å². The second-order valence-corrected chi connectivity index (χ2v) is 7.65. The lowest BCUT2D eigenvalue weighted by Gasteiger charge is -2.21. The minimum absolute atomic E-state index is 0.0855. The number of methoxy groups -OCH3 is 1. The number of aryl methyl sites for hydroxylation is 1. The molecule has 1 saturated carbocycles. The number of thioether (sulfide) groups is 1. The molecule has 134 valence electrons. The Bertz CT molecular complexity index is 740. The van der Waals surface area contributed by atoms with E-state index in [9.17, 15) is 4.79 Å². The van der Waals surface area contributed by atoms with Crippen molar-refractivity contribution in [2.24, 2.45) is 12.5 Å². The number of nitrogens with zero attached hydrogens (tertiary/aromatic N) is 2. The van der Waals surface area contributed by atoms with Gasteiger partial charge in [-0.05, 0) is 48.0 Å². The van der Waals surface area contributed by atoms with Gasteiger partial charge in [0.15, 0.2) is 0 Å². The average molecular weight is 359 g/mol. The van der Waals surface area contributed by atoms with E-state index in [4.69, 9.17) is 4.74 Å². The van der Waals surface area contributed by atoms with Crippen molar-refractivity contribution in [1.29, 1.82) is 0 Å². The molecule has 1 fully saturated rings. The van der Waals surface area contributed by atoms with Crippen molar-refractivity contribution in [1.82, 2.24) is 14.9 Å². The van der Waals surface area contributed by atoms with Gasteiger partial charge in [-0.15, -0.1) is 0 Å². The van der Waals surface area contributed by atoms with Gasteiger partial charge in [0.1, 0.15) is 17.6 Å². The van der Waals surface area contributed by atoms with Gasteiger partial charge in [-0.3, -0.25) is 4.79 Å². The number of carbonyl (C=O) groups is 1. The number of amides is 1. The van der Waals surface area contributed by atoms with Gasteiger partial charge in [0, 0.05) is 25.9 Å². The molecule has 0 aliphatic heterocycles. The highest BCUT2D eigenvalue weighted by atomic mass is 32.2. The minimum Gasteiger partial charge on any atom is -0.497 e. The van der Waals surface area contributed by atoms with Gasteiger partial charge >= 0.3 is 0 Å². The van der Waals surface area contributed by atoms with E-state index in [0.717, 1.165) is 35.7 Å². The molecule has 1 atom stereocenters. The summed E-state index contributed by atoms with van der Waals surface area (Å²) in [6.45, 7) is 0. The van der Waals surface area contributed by atoms with Crippen LogP contribution < -0.4 is 10.1 Å². The Hall–Kier alpha value is -1.95. The number of benzene rings is 1. The van der Waals surface area contributed by atoms with Crippen molar-refractivity contribution in [3.05, 3.63) is 48.0 Å². The molecule has 3 rings (SSSR count). The molecule has 1 aliphatic carbocycles. The quantitative estimate of drug-likeness (QED) is 0.787. The number of hydrogen-bond acceptors (Lipinski definition) is 4. The van der Waals surface area contributed by atoms with Gasteiger partial charge in [-0.2, -0.15) is 11.8 Å². The molecule has 0 bridgehead atoms. The first-order valence-electron chi connectivity index (χ1n) is 8.46. The second-order valence-electron chi connectivity index (χ2n) is 6.78. The lowest BCUT2D eigenvalue weighted by molar-refractivity contribution is -0.122. The fraction of sp³-hybridized carbons (Fsp3) is 0.474. The van der Waals surface area contributed by atoms with Crippen molar-refractivity contribution >= 4 is 17.7 Å². The van der Waals surface area contributed by atoms with Crippen LogP contribution in [0.1, 0.15) is 36.7 Å². The average Bonchev–Trinajstić information content (AvgIpc) is 3.22. The molecule has 1 aromatic heterocycles. The van der Waals surface area contributed by atoms with Crippen LogP contribution in [-0.2, 0) is 11.8 Å². The Morgan fingerprint density at radius 2 is 2.28 bits per heavy atom. The number of nitrogens with one attached hydrogen (secondary N) is 1. The third-order valence-corrected chi connectivity index (χ3v) is 5.69. The Kier molecular flexibility index (Phi) is 5.37. The second kappa shape index (κ2) is 7.52. The summed E-state index contributed by atoms with van der Waals surface area (Å²) in [7, 11) is 3.59. The highest BCUT2D eigenvalue weighted by molar-refractivity contribution is 7.98. The molecular formula is C19H25N3O2S. The molecule has 0 radical (unpaired) electrons. The summed E-state index contributed by atoms with van der Waals surface area (Å²) in [5.41, 5.74) is 1.17. The van der Waals surface area contributed by atoms with Crippen LogP contribution in [0.15, 0.2) is 36.7 Å². The van der Waals surface area contributed by atoms with Gasteiger partial charge in [-0.1, -0.05) is 12.1 Å². The molecule has 2 aromatic rings. The summed E-state index contributed by atoms with van der Waals surface area (Å²) < 4.78 is 7.28. The summed E-state index contributed by atoms with van der Waals surface area (Å²) >= 11 is 1.82. The topological polar surface area (TPSA) is 56.1 Å². The largest absolute Gasteiger partial charge is 0.497 e. The number of aromatic nitrogens is 2. The molecule has 1 unspecified atom stereocenters. The third-order valence-electron chi connectivity index (χ3n) is 4.79. The number of ether oxygens (including phenoxy) is 1. The maximum Gasteiger partial charge on any atom is 0.221 e. The van der Waals surface area contributed by atoms with E-state index in [2.05, 4.69) is 16.6 Å². The highest BCUT2D eigenvalue weighted by Crippen LogP contribution is 2.50. The summed E-state index contributed by atoms with van der Waals surface area (Å²) in [6, 6.07) is 7.50. The van der Waals surface area contributed by atoms with Crippen LogP contribution >= 0.6 is 11.8 Å². The monoisotopic (exact) mass is 359 g/mol. The molecule has 5 nitrogen and oxygen atoms in total. The predicted octanol–water partition coefficient (Wildman–Crippen LogP) is 3.17. The van der Waals surface area contributed by atoms with E-state index < -0.39 is 0 Å². The van der Waals surface area contributed by atoms with Crippen molar-refractivity contribution in [2.75, 3.05) is 19.1 Å². The Morgan fingerprint density at radius 3 is 2.88 bits per heavy atom. The lowest BCUT2D eigenvalue weighted by atomic mass is 10.0. The molecule has 0 spiro atoms.